The standard InChI is InChI=1S/C24H26N4O2/c1-4-29-21-11-16(9-10-20(21)30-15(2)3)22-18-8-6-5-7-17(18)19(12-25)23(28)24(22,13-26)14-27/h7,9-11,15,18,22H,4-6,8,28H2,1-3H3/t18-,22+/m1/s1. The Hall–Kier alpha value is -3.43. The quantitative estimate of drug-likeness (QED) is 0.777. The Morgan fingerprint density at radius 3 is 2.53 bits per heavy atom. The molecule has 0 radical (unpaired) electrons. The fourth-order valence-corrected chi connectivity index (χ4v) is 4.59. The SMILES string of the molecule is CCOc1cc([C@H]2[C@@H]3CCCC=C3C(C#N)=C(N)C2(C#N)C#N)ccc1OC(C)C. The van der Waals surface area contributed by atoms with Gasteiger partial charge in [-0.1, -0.05) is 12.1 Å². The maximum absolute atomic E-state index is 10.1. The second-order valence-corrected chi connectivity index (χ2v) is 7.91. The first-order valence-corrected chi connectivity index (χ1v) is 10.3. The Morgan fingerprint density at radius 2 is 1.93 bits per heavy atom. The smallest absolute Gasteiger partial charge is 0.191 e. The molecule has 2 atom stereocenters. The van der Waals surface area contributed by atoms with Crippen molar-refractivity contribution in [1.82, 2.24) is 0 Å². The maximum atomic E-state index is 10.1. The van der Waals surface area contributed by atoms with Gasteiger partial charge in [0.25, 0.3) is 0 Å². The number of hydrogen-bond acceptors (Lipinski definition) is 6. The molecule has 0 aromatic heterocycles. The van der Waals surface area contributed by atoms with Gasteiger partial charge in [-0.05, 0) is 69.2 Å². The van der Waals surface area contributed by atoms with Crippen LogP contribution in [0.3, 0.4) is 0 Å². The fraction of sp³-hybridized carbons (Fsp3) is 0.458. The van der Waals surface area contributed by atoms with Crippen LogP contribution in [0.4, 0.5) is 0 Å². The number of benzene rings is 1. The first-order valence-electron chi connectivity index (χ1n) is 10.3. The minimum Gasteiger partial charge on any atom is -0.490 e. The van der Waals surface area contributed by atoms with Gasteiger partial charge in [0.05, 0.1) is 36.1 Å². The molecule has 0 saturated heterocycles. The molecule has 3 rings (SSSR count). The van der Waals surface area contributed by atoms with Gasteiger partial charge in [0.2, 0.25) is 0 Å². The molecule has 1 aromatic rings. The van der Waals surface area contributed by atoms with Gasteiger partial charge in [-0.15, -0.1) is 0 Å². The summed E-state index contributed by atoms with van der Waals surface area (Å²) in [4.78, 5) is 0. The average molecular weight is 402 g/mol. The van der Waals surface area contributed by atoms with Gasteiger partial charge in [-0.25, -0.2) is 0 Å². The second kappa shape index (κ2) is 8.52. The molecule has 0 aliphatic heterocycles. The van der Waals surface area contributed by atoms with Crippen molar-refractivity contribution < 1.29 is 9.47 Å². The monoisotopic (exact) mass is 402 g/mol. The number of hydrogen-bond donors (Lipinski definition) is 1. The molecular formula is C24H26N4O2. The first kappa shape index (κ1) is 21.3. The fourth-order valence-electron chi connectivity index (χ4n) is 4.59. The molecule has 0 amide bonds. The molecule has 0 spiro atoms. The number of allylic oxidation sites excluding steroid dienone is 4. The minimum atomic E-state index is -1.62. The molecule has 2 N–H and O–H groups in total. The normalized spacial score (nSPS) is 22.2. The number of ether oxygens (including phenoxy) is 2. The van der Waals surface area contributed by atoms with Gasteiger partial charge < -0.3 is 15.2 Å². The lowest BCUT2D eigenvalue weighted by atomic mass is 9.57. The molecule has 0 heterocycles. The molecule has 6 nitrogen and oxygen atoms in total. The molecule has 1 aromatic carbocycles. The summed E-state index contributed by atoms with van der Waals surface area (Å²) < 4.78 is 11.7. The van der Waals surface area contributed by atoms with E-state index in [0.717, 1.165) is 30.4 Å². The van der Waals surface area contributed by atoms with Gasteiger partial charge in [0.1, 0.15) is 6.07 Å². The Labute approximate surface area is 177 Å². The van der Waals surface area contributed by atoms with Crippen molar-refractivity contribution in [3.63, 3.8) is 0 Å². The van der Waals surface area contributed by atoms with Crippen molar-refractivity contribution in [3.8, 4) is 29.7 Å². The molecule has 6 heteroatoms. The summed E-state index contributed by atoms with van der Waals surface area (Å²) in [6.07, 6.45) is 4.59. The van der Waals surface area contributed by atoms with Crippen LogP contribution >= 0.6 is 0 Å². The molecule has 2 aliphatic rings. The van der Waals surface area contributed by atoms with E-state index in [9.17, 15) is 15.8 Å². The lowest BCUT2D eigenvalue weighted by molar-refractivity contribution is 0.223. The van der Waals surface area contributed by atoms with Crippen LogP contribution in [0.1, 0.15) is 51.5 Å². The van der Waals surface area contributed by atoms with Crippen LogP contribution in [0.5, 0.6) is 11.5 Å². The predicted octanol–water partition coefficient (Wildman–Crippen LogP) is 4.47. The molecule has 154 valence electrons. The Balaban J connectivity index is 2.24. The zero-order valence-electron chi connectivity index (χ0n) is 17.6. The van der Waals surface area contributed by atoms with Crippen LogP contribution in [-0.2, 0) is 0 Å². The van der Waals surface area contributed by atoms with E-state index in [1.54, 1.807) is 0 Å². The van der Waals surface area contributed by atoms with Crippen molar-refractivity contribution in [1.29, 1.82) is 15.8 Å². The lowest BCUT2D eigenvalue weighted by Gasteiger charge is -2.43. The van der Waals surface area contributed by atoms with Crippen LogP contribution in [0.2, 0.25) is 0 Å². The highest BCUT2D eigenvalue weighted by Crippen LogP contribution is 2.56. The van der Waals surface area contributed by atoms with Crippen molar-refractivity contribution >= 4 is 0 Å². The third-order valence-electron chi connectivity index (χ3n) is 5.79. The molecule has 0 bridgehead atoms. The predicted molar refractivity (Wildman–Crippen MR) is 112 cm³/mol. The Morgan fingerprint density at radius 1 is 1.20 bits per heavy atom. The molecule has 0 fully saturated rings. The van der Waals surface area contributed by atoms with Crippen molar-refractivity contribution in [2.45, 2.75) is 52.1 Å². The number of nitrogens with two attached hydrogens (primary N) is 1. The largest absolute Gasteiger partial charge is 0.490 e. The minimum absolute atomic E-state index is 0.0216. The molecule has 0 unspecified atom stereocenters. The first-order chi connectivity index (χ1) is 14.4. The Bertz CT molecular complexity index is 1000. The van der Waals surface area contributed by atoms with Crippen LogP contribution in [0, 0.1) is 45.3 Å². The van der Waals surface area contributed by atoms with Gasteiger partial charge in [0.15, 0.2) is 16.9 Å². The van der Waals surface area contributed by atoms with Crippen LogP contribution in [-0.4, -0.2) is 12.7 Å². The highest BCUT2D eigenvalue weighted by Gasteiger charge is 2.53. The number of nitrogens with zero attached hydrogens (tertiary/aromatic N) is 3. The average Bonchev–Trinajstić information content (AvgIpc) is 2.74. The summed E-state index contributed by atoms with van der Waals surface area (Å²) in [5, 5.41) is 30.0. The van der Waals surface area contributed by atoms with Crippen molar-refractivity contribution in [2.75, 3.05) is 6.61 Å². The summed E-state index contributed by atoms with van der Waals surface area (Å²) in [6.45, 7) is 6.23. The van der Waals surface area contributed by atoms with Gasteiger partial charge in [0, 0.05) is 5.92 Å². The summed E-state index contributed by atoms with van der Waals surface area (Å²) in [5.41, 5.74) is 6.69. The van der Waals surface area contributed by atoms with E-state index >= 15 is 0 Å². The van der Waals surface area contributed by atoms with Gasteiger partial charge in [-0.2, -0.15) is 15.8 Å². The molecule has 30 heavy (non-hydrogen) atoms. The highest BCUT2D eigenvalue weighted by molar-refractivity contribution is 5.60. The van der Waals surface area contributed by atoms with E-state index in [1.165, 1.54) is 0 Å². The van der Waals surface area contributed by atoms with E-state index in [4.69, 9.17) is 15.2 Å². The van der Waals surface area contributed by atoms with E-state index in [-0.39, 0.29) is 23.3 Å². The summed E-state index contributed by atoms with van der Waals surface area (Å²) >= 11 is 0. The van der Waals surface area contributed by atoms with E-state index in [0.29, 0.717) is 18.1 Å². The van der Waals surface area contributed by atoms with E-state index in [2.05, 4.69) is 18.2 Å². The third-order valence-corrected chi connectivity index (χ3v) is 5.79. The van der Waals surface area contributed by atoms with Crippen molar-refractivity contribution in [2.24, 2.45) is 17.1 Å². The van der Waals surface area contributed by atoms with Crippen LogP contribution < -0.4 is 15.2 Å². The number of fused-ring (bicyclic) bond motifs is 1. The Kier molecular flexibility index (Phi) is 6.04. The van der Waals surface area contributed by atoms with E-state index in [1.807, 2.05) is 45.0 Å². The van der Waals surface area contributed by atoms with E-state index < -0.39 is 11.3 Å². The summed E-state index contributed by atoms with van der Waals surface area (Å²) in [6, 6.07) is 12.0. The molecule has 0 saturated carbocycles. The number of rotatable bonds is 5. The number of nitriles is 3. The third kappa shape index (κ3) is 3.38. The molecular weight excluding hydrogens is 376 g/mol. The van der Waals surface area contributed by atoms with Gasteiger partial charge >= 0.3 is 0 Å². The van der Waals surface area contributed by atoms with Crippen LogP contribution in [0.15, 0.2) is 41.1 Å². The zero-order valence-corrected chi connectivity index (χ0v) is 17.6. The lowest BCUT2D eigenvalue weighted by Crippen LogP contribution is -2.42. The zero-order chi connectivity index (χ0) is 21.9. The maximum Gasteiger partial charge on any atom is 0.191 e. The molecule has 2 aliphatic carbocycles. The second-order valence-electron chi connectivity index (χ2n) is 7.91. The van der Waals surface area contributed by atoms with Crippen molar-refractivity contribution in [3.05, 3.63) is 46.7 Å². The van der Waals surface area contributed by atoms with Crippen LogP contribution in [0.25, 0.3) is 0 Å². The highest BCUT2D eigenvalue weighted by atomic mass is 16.5. The topological polar surface area (TPSA) is 116 Å². The summed E-state index contributed by atoms with van der Waals surface area (Å²) in [7, 11) is 0. The summed E-state index contributed by atoms with van der Waals surface area (Å²) in [5.74, 6) is 0.560. The van der Waals surface area contributed by atoms with Gasteiger partial charge in [-0.3, -0.25) is 0 Å².